The Morgan fingerprint density at radius 2 is 2.13 bits per heavy atom. The van der Waals surface area contributed by atoms with Crippen LogP contribution in [0.15, 0.2) is 12.3 Å². The molecule has 1 fully saturated rings. The molecule has 1 aromatic rings. The van der Waals surface area contributed by atoms with Crippen molar-refractivity contribution < 1.29 is 4.79 Å². The highest BCUT2D eigenvalue weighted by Gasteiger charge is 2.22. The third kappa shape index (κ3) is 1.71. The van der Waals surface area contributed by atoms with Gasteiger partial charge in [-0.3, -0.25) is 4.79 Å². The van der Waals surface area contributed by atoms with Gasteiger partial charge >= 0.3 is 0 Å². The summed E-state index contributed by atoms with van der Waals surface area (Å²) in [5, 5.41) is 0. The Labute approximate surface area is 89.7 Å². The lowest BCUT2D eigenvalue weighted by Gasteiger charge is -2.14. The number of rotatable bonds is 2. The second kappa shape index (κ2) is 3.96. The first kappa shape index (κ1) is 10.1. The normalized spacial score (nSPS) is 15.9. The summed E-state index contributed by atoms with van der Waals surface area (Å²) in [7, 11) is 0. The van der Waals surface area contributed by atoms with E-state index < -0.39 is 0 Å². The molecule has 2 rings (SSSR count). The summed E-state index contributed by atoms with van der Waals surface area (Å²) < 4.78 is 1.89. The number of amides is 1. The molecule has 4 heteroatoms. The highest BCUT2D eigenvalue weighted by atomic mass is 16.2. The maximum atomic E-state index is 12.0. The van der Waals surface area contributed by atoms with Crippen molar-refractivity contribution in [2.24, 2.45) is 0 Å². The van der Waals surface area contributed by atoms with E-state index in [4.69, 9.17) is 5.73 Å². The fraction of sp³-hybridized carbons (Fsp3) is 0.545. The van der Waals surface area contributed by atoms with Gasteiger partial charge in [-0.2, -0.15) is 0 Å². The van der Waals surface area contributed by atoms with Gasteiger partial charge in [-0.25, -0.2) is 0 Å². The van der Waals surface area contributed by atoms with Crippen LogP contribution in [-0.4, -0.2) is 28.5 Å². The average Bonchev–Trinajstić information content (AvgIpc) is 2.85. The highest BCUT2D eigenvalue weighted by Crippen LogP contribution is 2.18. The predicted molar refractivity (Wildman–Crippen MR) is 59.7 cm³/mol. The van der Waals surface area contributed by atoms with E-state index in [1.807, 2.05) is 28.7 Å². The van der Waals surface area contributed by atoms with Crippen LogP contribution in [0.5, 0.6) is 0 Å². The Balaban J connectivity index is 2.21. The largest absolute Gasteiger partial charge is 0.384 e. The molecule has 0 aliphatic carbocycles. The van der Waals surface area contributed by atoms with Gasteiger partial charge in [0.2, 0.25) is 0 Å². The maximum Gasteiger partial charge on any atom is 0.257 e. The molecule has 1 aromatic heterocycles. The summed E-state index contributed by atoms with van der Waals surface area (Å²) in [6.07, 6.45) is 4.10. The lowest BCUT2D eigenvalue weighted by Crippen LogP contribution is -2.28. The van der Waals surface area contributed by atoms with E-state index in [9.17, 15) is 4.79 Å². The monoisotopic (exact) mass is 207 g/mol. The number of likely N-dealkylation sites (tertiary alicyclic amines) is 1. The molecule has 0 bridgehead atoms. The number of nitrogen functional groups attached to an aromatic ring is 1. The number of carbonyl (C=O) groups is 1. The number of hydrogen-bond donors (Lipinski definition) is 1. The van der Waals surface area contributed by atoms with Crippen LogP contribution in [0, 0.1) is 0 Å². The molecule has 0 saturated carbocycles. The number of hydrogen-bond acceptors (Lipinski definition) is 2. The van der Waals surface area contributed by atoms with Gasteiger partial charge in [0.15, 0.2) is 0 Å². The van der Waals surface area contributed by atoms with Gasteiger partial charge in [-0.15, -0.1) is 0 Å². The van der Waals surface area contributed by atoms with Gasteiger partial charge in [-0.1, -0.05) is 0 Å². The number of nitrogens with zero attached hydrogens (tertiary/aromatic N) is 2. The zero-order valence-electron chi connectivity index (χ0n) is 9.07. The first-order valence-corrected chi connectivity index (χ1v) is 5.48. The molecule has 1 aliphatic heterocycles. The van der Waals surface area contributed by atoms with Crippen LogP contribution in [0.1, 0.15) is 30.1 Å². The fourth-order valence-electron chi connectivity index (χ4n) is 2.03. The molecule has 1 saturated heterocycles. The zero-order chi connectivity index (χ0) is 10.8. The van der Waals surface area contributed by atoms with Crippen molar-refractivity contribution in [3.8, 4) is 0 Å². The number of aromatic nitrogens is 1. The van der Waals surface area contributed by atoms with Crippen LogP contribution in [0.25, 0.3) is 0 Å². The van der Waals surface area contributed by atoms with Crippen LogP contribution < -0.4 is 5.73 Å². The van der Waals surface area contributed by atoms with Crippen molar-refractivity contribution in [2.45, 2.75) is 26.3 Å². The molecule has 0 aromatic carbocycles. The van der Waals surface area contributed by atoms with Crippen LogP contribution in [0.4, 0.5) is 5.82 Å². The van der Waals surface area contributed by atoms with Crippen molar-refractivity contribution in [2.75, 3.05) is 18.8 Å². The van der Waals surface area contributed by atoms with Gasteiger partial charge in [0.1, 0.15) is 5.82 Å². The molecule has 0 spiro atoms. The summed E-state index contributed by atoms with van der Waals surface area (Å²) in [5.74, 6) is 0.673. The molecule has 2 heterocycles. The molecule has 82 valence electrons. The standard InChI is InChI=1S/C11H17N3O/c1-2-13-8-5-9(10(13)12)11(15)14-6-3-4-7-14/h5,8H,2-4,6-7,12H2,1H3. The van der Waals surface area contributed by atoms with E-state index in [0.29, 0.717) is 11.4 Å². The van der Waals surface area contributed by atoms with Crippen molar-refractivity contribution in [1.82, 2.24) is 9.47 Å². The van der Waals surface area contributed by atoms with E-state index in [0.717, 1.165) is 32.5 Å². The molecule has 1 amide bonds. The van der Waals surface area contributed by atoms with Crippen molar-refractivity contribution in [3.63, 3.8) is 0 Å². The number of carbonyl (C=O) groups excluding carboxylic acids is 1. The highest BCUT2D eigenvalue weighted by molar-refractivity contribution is 5.98. The zero-order valence-corrected chi connectivity index (χ0v) is 9.07. The minimum atomic E-state index is 0.0807. The Morgan fingerprint density at radius 1 is 1.47 bits per heavy atom. The summed E-state index contributed by atoms with van der Waals surface area (Å²) in [4.78, 5) is 13.9. The van der Waals surface area contributed by atoms with Crippen LogP contribution in [0.2, 0.25) is 0 Å². The molecule has 0 unspecified atom stereocenters. The molecule has 2 N–H and O–H groups in total. The van der Waals surface area contributed by atoms with E-state index in [-0.39, 0.29) is 5.91 Å². The van der Waals surface area contributed by atoms with Gasteiger partial charge in [0.25, 0.3) is 5.91 Å². The van der Waals surface area contributed by atoms with Crippen molar-refractivity contribution in [1.29, 1.82) is 0 Å². The molecule has 0 atom stereocenters. The Bertz CT molecular complexity index is 364. The first-order valence-electron chi connectivity index (χ1n) is 5.48. The number of nitrogens with two attached hydrogens (primary N) is 1. The fourth-order valence-corrected chi connectivity index (χ4v) is 2.03. The molecule has 0 radical (unpaired) electrons. The van der Waals surface area contributed by atoms with Crippen molar-refractivity contribution in [3.05, 3.63) is 17.8 Å². The number of anilines is 1. The molecule has 15 heavy (non-hydrogen) atoms. The minimum Gasteiger partial charge on any atom is -0.384 e. The second-order valence-corrected chi connectivity index (χ2v) is 3.90. The summed E-state index contributed by atoms with van der Waals surface area (Å²) >= 11 is 0. The molecular weight excluding hydrogens is 190 g/mol. The van der Waals surface area contributed by atoms with E-state index >= 15 is 0 Å². The molecular formula is C11H17N3O. The van der Waals surface area contributed by atoms with E-state index in [1.54, 1.807) is 0 Å². The summed E-state index contributed by atoms with van der Waals surface area (Å²) in [6, 6.07) is 1.82. The Morgan fingerprint density at radius 3 is 2.67 bits per heavy atom. The quantitative estimate of drug-likeness (QED) is 0.795. The third-order valence-corrected chi connectivity index (χ3v) is 2.97. The maximum absolute atomic E-state index is 12.0. The Kier molecular flexibility index (Phi) is 2.66. The summed E-state index contributed by atoms with van der Waals surface area (Å²) in [5.41, 5.74) is 6.55. The van der Waals surface area contributed by atoms with Gasteiger partial charge in [-0.05, 0) is 25.8 Å². The third-order valence-electron chi connectivity index (χ3n) is 2.97. The van der Waals surface area contributed by atoms with Crippen LogP contribution >= 0.6 is 0 Å². The van der Waals surface area contributed by atoms with E-state index in [2.05, 4.69) is 0 Å². The van der Waals surface area contributed by atoms with Crippen LogP contribution in [-0.2, 0) is 6.54 Å². The Hall–Kier alpha value is -1.45. The SMILES string of the molecule is CCn1ccc(C(=O)N2CCCC2)c1N. The van der Waals surface area contributed by atoms with Crippen molar-refractivity contribution >= 4 is 11.7 Å². The predicted octanol–water partition coefficient (Wildman–Crippen LogP) is 1.33. The smallest absolute Gasteiger partial charge is 0.257 e. The van der Waals surface area contributed by atoms with Gasteiger partial charge in [0.05, 0.1) is 5.56 Å². The lowest BCUT2D eigenvalue weighted by atomic mass is 10.3. The molecule has 4 nitrogen and oxygen atoms in total. The van der Waals surface area contributed by atoms with Gasteiger partial charge < -0.3 is 15.2 Å². The topological polar surface area (TPSA) is 51.3 Å². The lowest BCUT2D eigenvalue weighted by molar-refractivity contribution is 0.0794. The minimum absolute atomic E-state index is 0.0807. The van der Waals surface area contributed by atoms with E-state index in [1.165, 1.54) is 0 Å². The first-order chi connectivity index (χ1) is 7.24. The van der Waals surface area contributed by atoms with Gasteiger partial charge in [0, 0.05) is 25.8 Å². The number of aryl methyl sites for hydroxylation is 1. The van der Waals surface area contributed by atoms with Crippen LogP contribution in [0.3, 0.4) is 0 Å². The second-order valence-electron chi connectivity index (χ2n) is 3.90. The average molecular weight is 207 g/mol. The summed E-state index contributed by atoms with van der Waals surface area (Å²) in [6.45, 7) is 4.56. The molecule has 1 aliphatic rings.